The number of hydrogen-bond donors (Lipinski definition) is 1. The van der Waals surface area contributed by atoms with Gasteiger partial charge in [-0.25, -0.2) is 0 Å². The summed E-state index contributed by atoms with van der Waals surface area (Å²) < 4.78 is 0. The Morgan fingerprint density at radius 1 is 1.29 bits per heavy atom. The predicted molar refractivity (Wildman–Crippen MR) is 56.9 cm³/mol. The Kier molecular flexibility index (Phi) is 2.33. The molecule has 3 nitrogen and oxygen atoms in total. The highest BCUT2D eigenvalue weighted by molar-refractivity contribution is 6.33. The minimum absolute atomic E-state index is 0.540. The summed E-state index contributed by atoms with van der Waals surface area (Å²) in [6.45, 7) is 0. The third kappa shape index (κ3) is 1.67. The molecule has 0 amide bonds. The van der Waals surface area contributed by atoms with Crippen LogP contribution in [0.2, 0.25) is 5.02 Å². The van der Waals surface area contributed by atoms with Gasteiger partial charge in [-0.1, -0.05) is 11.6 Å². The fourth-order valence-electron chi connectivity index (χ4n) is 1.17. The molecule has 0 aliphatic rings. The molecular weight excluding hydrogens is 198 g/mol. The molecule has 70 valence electrons. The van der Waals surface area contributed by atoms with Gasteiger partial charge in [0.2, 0.25) is 0 Å². The minimum atomic E-state index is 0.540. The molecule has 0 atom stereocenters. The highest BCUT2D eigenvalue weighted by Crippen LogP contribution is 2.25. The summed E-state index contributed by atoms with van der Waals surface area (Å²) in [7, 11) is 0. The van der Waals surface area contributed by atoms with Gasteiger partial charge in [-0.05, 0) is 18.2 Å². The van der Waals surface area contributed by atoms with Crippen LogP contribution in [0.1, 0.15) is 0 Å². The molecular formula is C10H8ClN3. The van der Waals surface area contributed by atoms with E-state index in [-0.39, 0.29) is 0 Å². The first-order valence-electron chi connectivity index (χ1n) is 4.09. The van der Waals surface area contributed by atoms with Crippen molar-refractivity contribution in [1.29, 1.82) is 0 Å². The molecule has 4 heteroatoms. The number of aromatic nitrogens is 2. The maximum atomic E-state index is 5.99. The van der Waals surface area contributed by atoms with E-state index in [1.165, 1.54) is 0 Å². The van der Waals surface area contributed by atoms with Crippen LogP contribution in [0.4, 0.5) is 5.69 Å². The zero-order valence-electron chi connectivity index (χ0n) is 7.31. The highest BCUT2D eigenvalue weighted by Gasteiger charge is 2.04. The van der Waals surface area contributed by atoms with Crippen LogP contribution in [0.5, 0.6) is 0 Å². The zero-order chi connectivity index (χ0) is 9.97. The molecule has 0 radical (unpaired) electrons. The molecule has 2 rings (SSSR count). The van der Waals surface area contributed by atoms with E-state index in [9.17, 15) is 0 Å². The average Bonchev–Trinajstić information content (AvgIpc) is 2.19. The topological polar surface area (TPSA) is 51.8 Å². The molecule has 0 fully saturated rings. The second-order valence-corrected chi connectivity index (χ2v) is 3.25. The molecule has 0 unspecified atom stereocenters. The molecule has 14 heavy (non-hydrogen) atoms. The Morgan fingerprint density at radius 2 is 2.14 bits per heavy atom. The molecule has 0 saturated heterocycles. The van der Waals surface area contributed by atoms with Crippen LogP contribution in [0.3, 0.4) is 0 Å². The lowest BCUT2D eigenvalue weighted by Crippen LogP contribution is -1.90. The molecule has 2 heterocycles. The van der Waals surface area contributed by atoms with Gasteiger partial charge in [0.15, 0.2) is 0 Å². The molecule has 2 aromatic rings. The van der Waals surface area contributed by atoms with E-state index < -0.39 is 0 Å². The van der Waals surface area contributed by atoms with Crippen LogP contribution in [-0.2, 0) is 0 Å². The van der Waals surface area contributed by atoms with E-state index in [0.717, 1.165) is 5.56 Å². The summed E-state index contributed by atoms with van der Waals surface area (Å²) in [5.41, 5.74) is 7.69. The van der Waals surface area contributed by atoms with Crippen molar-refractivity contribution in [1.82, 2.24) is 9.97 Å². The lowest BCUT2D eigenvalue weighted by molar-refractivity contribution is 1.28. The van der Waals surface area contributed by atoms with Gasteiger partial charge in [-0.15, -0.1) is 0 Å². The van der Waals surface area contributed by atoms with Gasteiger partial charge in [0.1, 0.15) is 0 Å². The Morgan fingerprint density at radius 3 is 2.79 bits per heavy atom. The summed E-state index contributed by atoms with van der Waals surface area (Å²) in [5, 5.41) is 0.540. The number of nitrogens with two attached hydrogens (primary N) is 1. The smallest absolute Gasteiger partial charge is 0.0905 e. The maximum Gasteiger partial charge on any atom is 0.0905 e. The number of halogens is 1. The number of nitrogen functional groups attached to an aromatic ring is 1. The lowest BCUT2D eigenvalue weighted by atomic mass is 10.2. The van der Waals surface area contributed by atoms with E-state index in [1.807, 2.05) is 12.1 Å². The van der Waals surface area contributed by atoms with Crippen LogP contribution in [0.15, 0.2) is 36.8 Å². The normalized spacial score (nSPS) is 10.1. The molecule has 0 aliphatic heterocycles. The summed E-state index contributed by atoms with van der Waals surface area (Å²) >= 11 is 5.99. The van der Waals surface area contributed by atoms with Crippen LogP contribution in [0, 0.1) is 0 Å². The second-order valence-electron chi connectivity index (χ2n) is 2.84. The van der Waals surface area contributed by atoms with E-state index in [2.05, 4.69) is 9.97 Å². The quantitative estimate of drug-likeness (QED) is 0.778. The van der Waals surface area contributed by atoms with Crippen molar-refractivity contribution in [2.45, 2.75) is 0 Å². The summed E-state index contributed by atoms with van der Waals surface area (Å²) in [5.74, 6) is 0. The fourth-order valence-corrected chi connectivity index (χ4v) is 1.45. The summed E-state index contributed by atoms with van der Waals surface area (Å²) in [6, 6.07) is 5.41. The van der Waals surface area contributed by atoms with Crippen molar-refractivity contribution in [2.75, 3.05) is 5.73 Å². The monoisotopic (exact) mass is 205 g/mol. The molecule has 0 aromatic carbocycles. The van der Waals surface area contributed by atoms with Gasteiger partial charge in [0, 0.05) is 18.0 Å². The van der Waals surface area contributed by atoms with Crippen LogP contribution in [0.25, 0.3) is 11.3 Å². The first-order valence-corrected chi connectivity index (χ1v) is 4.46. The Bertz CT molecular complexity index is 442. The van der Waals surface area contributed by atoms with Gasteiger partial charge in [0.05, 0.1) is 22.6 Å². The summed E-state index contributed by atoms with van der Waals surface area (Å²) in [6.07, 6.45) is 4.99. The number of pyridine rings is 2. The van der Waals surface area contributed by atoms with Crippen molar-refractivity contribution >= 4 is 17.3 Å². The van der Waals surface area contributed by atoms with Crippen LogP contribution in [-0.4, -0.2) is 9.97 Å². The first kappa shape index (κ1) is 8.97. The molecule has 0 aliphatic carbocycles. The molecule has 2 N–H and O–H groups in total. The Balaban J connectivity index is 2.53. The molecule has 0 saturated carbocycles. The number of nitrogens with zero attached hydrogens (tertiary/aromatic N) is 2. The lowest BCUT2D eigenvalue weighted by Gasteiger charge is -2.02. The highest BCUT2D eigenvalue weighted by atomic mass is 35.5. The standard InChI is InChI=1S/C10H8ClN3/c11-9-4-8(12)6-14-10(9)7-2-1-3-13-5-7/h1-6H,12H2. The predicted octanol–water partition coefficient (Wildman–Crippen LogP) is 2.38. The molecule has 0 spiro atoms. The first-order chi connectivity index (χ1) is 6.77. The minimum Gasteiger partial charge on any atom is -0.397 e. The maximum absolute atomic E-state index is 5.99. The third-order valence-corrected chi connectivity index (χ3v) is 2.09. The number of anilines is 1. The zero-order valence-corrected chi connectivity index (χ0v) is 8.07. The number of hydrogen-bond acceptors (Lipinski definition) is 3. The largest absolute Gasteiger partial charge is 0.397 e. The third-order valence-electron chi connectivity index (χ3n) is 1.80. The van der Waals surface area contributed by atoms with Crippen LogP contribution >= 0.6 is 11.6 Å². The SMILES string of the molecule is Nc1cnc(-c2cccnc2)c(Cl)c1. The van der Waals surface area contributed by atoms with E-state index >= 15 is 0 Å². The summed E-state index contributed by atoms with van der Waals surface area (Å²) in [4.78, 5) is 8.15. The van der Waals surface area contributed by atoms with Crippen molar-refractivity contribution in [3.63, 3.8) is 0 Å². The van der Waals surface area contributed by atoms with Crippen molar-refractivity contribution in [3.05, 3.63) is 41.8 Å². The van der Waals surface area contributed by atoms with Gasteiger partial charge in [0.25, 0.3) is 0 Å². The van der Waals surface area contributed by atoms with Gasteiger partial charge >= 0.3 is 0 Å². The Labute approximate surface area is 86.6 Å². The molecule has 0 bridgehead atoms. The van der Waals surface area contributed by atoms with Gasteiger partial charge in [-0.2, -0.15) is 0 Å². The fraction of sp³-hybridized carbons (Fsp3) is 0. The van der Waals surface area contributed by atoms with Gasteiger partial charge in [-0.3, -0.25) is 9.97 Å². The second kappa shape index (κ2) is 3.64. The number of rotatable bonds is 1. The van der Waals surface area contributed by atoms with Gasteiger partial charge < -0.3 is 5.73 Å². The molecule has 2 aromatic heterocycles. The van der Waals surface area contributed by atoms with Crippen molar-refractivity contribution in [3.8, 4) is 11.3 Å². The van der Waals surface area contributed by atoms with Crippen molar-refractivity contribution < 1.29 is 0 Å². The van der Waals surface area contributed by atoms with E-state index in [1.54, 1.807) is 24.7 Å². The van der Waals surface area contributed by atoms with Crippen molar-refractivity contribution in [2.24, 2.45) is 0 Å². The average molecular weight is 206 g/mol. The van der Waals surface area contributed by atoms with Crippen LogP contribution < -0.4 is 5.73 Å². The Hall–Kier alpha value is -1.61. The van der Waals surface area contributed by atoms with E-state index in [4.69, 9.17) is 17.3 Å². The van der Waals surface area contributed by atoms with E-state index in [0.29, 0.717) is 16.4 Å².